The summed E-state index contributed by atoms with van der Waals surface area (Å²) in [7, 11) is -3.57. The summed E-state index contributed by atoms with van der Waals surface area (Å²) in [4.78, 5) is 8.76. The highest BCUT2D eigenvalue weighted by molar-refractivity contribution is 7.89. The Bertz CT molecular complexity index is 976. The number of nitrogens with zero attached hydrogens (tertiary/aromatic N) is 4. The fourth-order valence-electron chi connectivity index (χ4n) is 2.82. The van der Waals surface area contributed by atoms with Crippen LogP contribution in [0.25, 0.3) is 10.2 Å². The average molecular weight is 349 g/mol. The zero-order chi connectivity index (χ0) is 16.0. The third-order valence-corrected chi connectivity index (χ3v) is 6.23. The van der Waals surface area contributed by atoms with Crippen molar-refractivity contribution >= 4 is 31.6 Å². The van der Waals surface area contributed by atoms with Crippen molar-refractivity contribution in [3.63, 3.8) is 0 Å². The monoisotopic (exact) mass is 349 g/mol. The highest BCUT2D eigenvalue weighted by Gasteiger charge is 2.26. The number of sulfonamides is 1. The summed E-state index contributed by atoms with van der Waals surface area (Å²) in [5.41, 5.74) is 2.42. The highest BCUT2D eigenvalue weighted by atomic mass is 32.2. The summed E-state index contributed by atoms with van der Waals surface area (Å²) in [6.07, 6.45) is 1.44. The number of aryl methyl sites for hydroxylation is 2. The predicted octanol–water partition coefficient (Wildman–Crippen LogP) is 1.49. The molecule has 0 bridgehead atoms. The molecule has 1 aliphatic rings. The molecule has 0 spiro atoms. The van der Waals surface area contributed by atoms with E-state index < -0.39 is 10.0 Å². The summed E-state index contributed by atoms with van der Waals surface area (Å²) in [5.74, 6) is 1.64. The van der Waals surface area contributed by atoms with Crippen LogP contribution in [0.4, 0.5) is 0 Å². The minimum atomic E-state index is -3.57. The molecule has 0 aliphatic carbocycles. The van der Waals surface area contributed by atoms with Crippen LogP contribution < -0.4 is 4.72 Å². The van der Waals surface area contributed by atoms with Gasteiger partial charge in [0.05, 0.1) is 27.2 Å². The molecule has 0 saturated heterocycles. The Balaban J connectivity index is 1.57. The first kappa shape index (κ1) is 14.7. The second-order valence-electron chi connectivity index (χ2n) is 5.60. The van der Waals surface area contributed by atoms with Crippen molar-refractivity contribution in [3.05, 3.63) is 35.4 Å². The van der Waals surface area contributed by atoms with Crippen LogP contribution in [0.1, 0.15) is 18.1 Å². The molecule has 2 aromatic heterocycles. The van der Waals surface area contributed by atoms with Crippen LogP contribution in [0, 0.1) is 6.92 Å². The molecule has 3 heterocycles. The standard InChI is InChI=1S/C14H15N5O2S2/c1-9-16-14-5-2-10(7-19(14)17-9)18-23(20,21)11-3-4-13-12(6-11)15-8-22-13/h3-4,6,8,10,18H,2,5,7H2,1H3. The van der Waals surface area contributed by atoms with E-state index >= 15 is 0 Å². The molecule has 0 radical (unpaired) electrons. The van der Waals surface area contributed by atoms with Crippen LogP contribution in [0.15, 0.2) is 28.6 Å². The van der Waals surface area contributed by atoms with Gasteiger partial charge in [-0.15, -0.1) is 11.3 Å². The molecule has 9 heteroatoms. The molecule has 0 fully saturated rings. The Morgan fingerprint density at radius 2 is 2.26 bits per heavy atom. The van der Waals surface area contributed by atoms with Crippen molar-refractivity contribution < 1.29 is 8.42 Å². The van der Waals surface area contributed by atoms with Crippen molar-refractivity contribution in [1.29, 1.82) is 0 Å². The van der Waals surface area contributed by atoms with Gasteiger partial charge in [0.15, 0.2) is 0 Å². The largest absolute Gasteiger partial charge is 0.248 e. The number of hydrogen-bond acceptors (Lipinski definition) is 6. The number of nitrogens with one attached hydrogen (secondary N) is 1. The molecular formula is C14H15N5O2S2. The van der Waals surface area contributed by atoms with Gasteiger partial charge in [-0.25, -0.2) is 27.8 Å². The van der Waals surface area contributed by atoms with Gasteiger partial charge in [0.2, 0.25) is 10.0 Å². The van der Waals surface area contributed by atoms with Crippen LogP contribution >= 0.6 is 11.3 Å². The second kappa shape index (κ2) is 5.36. The van der Waals surface area contributed by atoms with Crippen LogP contribution in [-0.2, 0) is 23.0 Å². The Labute approximate surface area is 137 Å². The maximum Gasteiger partial charge on any atom is 0.240 e. The number of aromatic nitrogens is 4. The lowest BCUT2D eigenvalue weighted by Gasteiger charge is -2.23. The summed E-state index contributed by atoms with van der Waals surface area (Å²) in [6.45, 7) is 2.35. The molecule has 7 nitrogen and oxygen atoms in total. The van der Waals surface area contributed by atoms with Gasteiger partial charge >= 0.3 is 0 Å². The van der Waals surface area contributed by atoms with E-state index in [1.807, 2.05) is 6.92 Å². The van der Waals surface area contributed by atoms with Gasteiger partial charge in [0, 0.05) is 12.5 Å². The van der Waals surface area contributed by atoms with Gasteiger partial charge in [0.1, 0.15) is 11.6 Å². The normalized spacial score (nSPS) is 18.2. The Hall–Kier alpha value is -1.84. The fourth-order valence-corrected chi connectivity index (χ4v) is 4.76. The number of hydrogen-bond donors (Lipinski definition) is 1. The van der Waals surface area contributed by atoms with Gasteiger partial charge < -0.3 is 0 Å². The lowest BCUT2D eigenvalue weighted by molar-refractivity contribution is 0.395. The Morgan fingerprint density at radius 3 is 3.13 bits per heavy atom. The minimum Gasteiger partial charge on any atom is -0.248 e. The molecule has 1 aliphatic heterocycles. The average Bonchev–Trinajstić information content (AvgIpc) is 3.10. The first-order chi connectivity index (χ1) is 11.0. The molecule has 120 valence electrons. The van der Waals surface area contributed by atoms with E-state index in [9.17, 15) is 8.42 Å². The van der Waals surface area contributed by atoms with E-state index in [0.717, 1.165) is 29.2 Å². The molecule has 0 saturated carbocycles. The van der Waals surface area contributed by atoms with Gasteiger partial charge in [-0.05, 0) is 31.5 Å². The van der Waals surface area contributed by atoms with E-state index in [0.29, 0.717) is 12.1 Å². The summed E-state index contributed by atoms with van der Waals surface area (Å²) in [5, 5.41) is 4.30. The summed E-state index contributed by atoms with van der Waals surface area (Å²) >= 11 is 1.49. The third-order valence-electron chi connectivity index (χ3n) is 3.90. The Kier molecular flexibility index (Phi) is 3.43. The smallest absolute Gasteiger partial charge is 0.240 e. The molecular weight excluding hydrogens is 334 g/mol. The summed E-state index contributed by atoms with van der Waals surface area (Å²) in [6, 6.07) is 4.85. The maximum absolute atomic E-state index is 12.6. The van der Waals surface area contributed by atoms with Crippen molar-refractivity contribution in [2.45, 2.75) is 37.2 Å². The molecule has 3 aromatic rings. The zero-order valence-corrected chi connectivity index (χ0v) is 14.1. The second-order valence-corrected chi connectivity index (χ2v) is 8.20. The SMILES string of the molecule is Cc1nc2n(n1)CC(NS(=O)(=O)c1ccc3scnc3c1)CC2. The van der Waals surface area contributed by atoms with Crippen molar-refractivity contribution in [2.24, 2.45) is 0 Å². The quantitative estimate of drug-likeness (QED) is 0.774. The summed E-state index contributed by atoms with van der Waals surface area (Å²) < 4.78 is 30.7. The molecule has 1 aromatic carbocycles. The van der Waals surface area contributed by atoms with Crippen molar-refractivity contribution in [3.8, 4) is 0 Å². The zero-order valence-electron chi connectivity index (χ0n) is 12.4. The van der Waals surface area contributed by atoms with Crippen LogP contribution in [0.5, 0.6) is 0 Å². The maximum atomic E-state index is 12.6. The van der Waals surface area contributed by atoms with E-state index in [1.165, 1.54) is 11.3 Å². The van der Waals surface area contributed by atoms with E-state index in [2.05, 4.69) is 19.8 Å². The van der Waals surface area contributed by atoms with Crippen LogP contribution in [0.2, 0.25) is 0 Å². The van der Waals surface area contributed by atoms with Gasteiger partial charge in [-0.1, -0.05) is 0 Å². The molecule has 1 atom stereocenters. The topological polar surface area (TPSA) is 89.8 Å². The van der Waals surface area contributed by atoms with E-state index in [4.69, 9.17) is 0 Å². The molecule has 1 N–H and O–H groups in total. The Morgan fingerprint density at radius 1 is 1.39 bits per heavy atom. The number of fused-ring (bicyclic) bond motifs is 2. The van der Waals surface area contributed by atoms with Gasteiger partial charge in [-0.3, -0.25) is 0 Å². The first-order valence-corrected chi connectivity index (χ1v) is 9.63. The predicted molar refractivity (Wildman–Crippen MR) is 86.8 cm³/mol. The van der Waals surface area contributed by atoms with Crippen LogP contribution in [-0.4, -0.2) is 34.2 Å². The van der Waals surface area contributed by atoms with Crippen molar-refractivity contribution in [2.75, 3.05) is 0 Å². The van der Waals surface area contributed by atoms with E-state index in [1.54, 1.807) is 28.4 Å². The fraction of sp³-hybridized carbons (Fsp3) is 0.357. The van der Waals surface area contributed by atoms with Gasteiger partial charge in [-0.2, -0.15) is 5.10 Å². The highest BCUT2D eigenvalue weighted by Crippen LogP contribution is 2.22. The molecule has 4 rings (SSSR count). The van der Waals surface area contributed by atoms with E-state index in [-0.39, 0.29) is 10.9 Å². The molecule has 0 amide bonds. The lowest BCUT2D eigenvalue weighted by atomic mass is 10.1. The number of benzene rings is 1. The first-order valence-electron chi connectivity index (χ1n) is 7.27. The minimum absolute atomic E-state index is 0.181. The van der Waals surface area contributed by atoms with Crippen LogP contribution in [0.3, 0.4) is 0 Å². The third kappa shape index (κ3) is 2.75. The number of thiazole rings is 1. The number of rotatable bonds is 3. The van der Waals surface area contributed by atoms with Gasteiger partial charge in [0.25, 0.3) is 0 Å². The van der Waals surface area contributed by atoms with Crippen molar-refractivity contribution in [1.82, 2.24) is 24.5 Å². The molecule has 1 unspecified atom stereocenters. The lowest BCUT2D eigenvalue weighted by Crippen LogP contribution is -2.41. The molecule has 23 heavy (non-hydrogen) atoms.